The van der Waals surface area contributed by atoms with Crippen molar-refractivity contribution in [3.63, 3.8) is 0 Å². The van der Waals surface area contributed by atoms with Crippen molar-refractivity contribution in [2.45, 2.75) is 66.0 Å². The first-order chi connectivity index (χ1) is 8.76. The second-order valence-corrected chi connectivity index (χ2v) is 6.51. The molecule has 0 aliphatic carbocycles. The van der Waals surface area contributed by atoms with Crippen molar-refractivity contribution >= 4 is 0 Å². The van der Waals surface area contributed by atoms with Crippen molar-refractivity contribution in [1.82, 2.24) is 0 Å². The molecule has 0 spiro atoms. The third kappa shape index (κ3) is 4.77. The molecule has 0 aromatic carbocycles. The summed E-state index contributed by atoms with van der Waals surface area (Å²) in [6, 6.07) is 0. The van der Waals surface area contributed by atoms with Crippen LogP contribution < -0.4 is 0 Å². The number of hydrogen-bond donors (Lipinski definition) is 0. The summed E-state index contributed by atoms with van der Waals surface area (Å²) in [4.78, 5) is 0. The van der Waals surface area contributed by atoms with E-state index in [1.165, 1.54) is 0 Å². The summed E-state index contributed by atoms with van der Waals surface area (Å²) in [7, 11) is 0. The molecule has 110 valence electrons. The van der Waals surface area contributed by atoms with Crippen LogP contribution >= 0.6 is 0 Å². The summed E-state index contributed by atoms with van der Waals surface area (Å²) in [6.45, 7) is 16.7. The standard InChI is InChI=1S/C17H30O2/c1-8-9-15-16(19-17(6,7)18-15)14(5)11-10-13(4)12(2)3/h8,10-16H,1,9H2,2-7H3/b11-10-/t13-,14?,15?,16?/m1/s1. The molecule has 1 rings (SSSR count). The normalized spacial score (nSPS) is 29.8. The zero-order valence-electron chi connectivity index (χ0n) is 13.3. The first kappa shape index (κ1) is 16.5. The van der Waals surface area contributed by atoms with Crippen LogP contribution in [-0.2, 0) is 9.47 Å². The third-order valence-corrected chi connectivity index (χ3v) is 3.91. The molecule has 0 amide bonds. The van der Waals surface area contributed by atoms with Gasteiger partial charge in [-0.1, -0.05) is 45.9 Å². The highest BCUT2D eigenvalue weighted by molar-refractivity contribution is 4.99. The fraction of sp³-hybridized carbons (Fsp3) is 0.765. The van der Waals surface area contributed by atoms with E-state index >= 15 is 0 Å². The minimum Gasteiger partial charge on any atom is -0.344 e. The van der Waals surface area contributed by atoms with E-state index in [1.54, 1.807) is 0 Å². The van der Waals surface area contributed by atoms with Crippen LogP contribution in [0.5, 0.6) is 0 Å². The van der Waals surface area contributed by atoms with Gasteiger partial charge in [0.25, 0.3) is 0 Å². The van der Waals surface area contributed by atoms with Crippen LogP contribution in [0, 0.1) is 17.8 Å². The lowest BCUT2D eigenvalue weighted by atomic mass is 9.93. The van der Waals surface area contributed by atoms with Crippen molar-refractivity contribution in [3.05, 3.63) is 24.8 Å². The molecular weight excluding hydrogens is 236 g/mol. The molecule has 0 saturated carbocycles. The van der Waals surface area contributed by atoms with E-state index in [1.807, 2.05) is 19.9 Å². The summed E-state index contributed by atoms with van der Waals surface area (Å²) in [5, 5.41) is 0. The fourth-order valence-electron chi connectivity index (χ4n) is 2.34. The molecule has 1 aliphatic heterocycles. The molecule has 0 bridgehead atoms. The Kier molecular flexibility index (Phi) is 5.82. The second kappa shape index (κ2) is 6.71. The summed E-state index contributed by atoms with van der Waals surface area (Å²) in [5.74, 6) is 1.14. The Morgan fingerprint density at radius 2 is 1.74 bits per heavy atom. The molecule has 1 aliphatic rings. The van der Waals surface area contributed by atoms with Crippen molar-refractivity contribution in [2.75, 3.05) is 0 Å². The van der Waals surface area contributed by atoms with Gasteiger partial charge in [0, 0.05) is 5.92 Å². The van der Waals surface area contributed by atoms with Crippen LogP contribution in [0.25, 0.3) is 0 Å². The molecule has 0 radical (unpaired) electrons. The van der Waals surface area contributed by atoms with Crippen molar-refractivity contribution < 1.29 is 9.47 Å². The molecule has 1 saturated heterocycles. The summed E-state index contributed by atoms with van der Waals surface area (Å²) >= 11 is 0. The molecule has 2 heteroatoms. The predicted molar refractivity (Wildman–Crippen MR) is 80.9 cm³/mol. The zero-order valence-corrected chi connectivity index (χ0v) is 13.3. The number of hydrogen-bond acceptors (Lipinski definition) is 2. The zero-order chi connectivity index (χ0) is 14.6. The molecule has 4 atom stereocenters. The first-order valence-corrected chi connectivity index (χ1v) is 7.41. The second-order valence-electron chi connectivity index (χ2n) is 6.51. The van der Waals surface area contributed by atoms with Gasteiger partial charge in [0.05, 0.1) is 12.2 Å². The van der Waals surface area contributed by atoms with Crippen LogP contribution in [-0.4, -0.2) is 18.0 Å². The molecule has 0 N–H and O–H groups in total. The minimum absolute atomic E-state index is 0.113. The van der Waals surface area contributed by atoms with E-state index in [0.29, 0.717) is 17.8 Å². The molecule has 1 heterocycles. The maximum absolute atomic E-state index is 6.05. The van der Waals surface area contributed by atoms with Crippen molar-refractivity contribution in [2.24, 2.45) is 17.8 Å². The van der Waals surface area contributed by atoms with E-state index in [4.69, 9.17) is 9.47 Å². The van der Waals surface area contributed by atoms with Gasteiger partial charge in [0.1, 0.15) is 0 Å². The van der Waals surface area contributed by atoms with Gasteiger partial charge in [-0.05, 0) is 32.1 Å². The number of ether oxygens (including phenoxy) is 2. The molecule has 1 fully saturated rings. The van der Waals surface area contributed by atoms with Crippen LogP contribution in [0.4, 0.5) is 0 Å². The third-order valence-electron chi connectivity index (χ3n) is 3.91. The Morgan fingerprint density at radius 3 is 2.26 bits per heavy atom. The van der Waals surface area contributed by atoms with Gasteiger partial charge in [0.2, 0.25) is 0 Å². The van der Waals surface area contributed by atoms with Gasteiger partial charge in [-0.15, -0.1) is 6.58 Å². The van der Waals surface area contributed by atoms with Crippen LogP contribution in [0.1, 0.15) is 48.0 Å². The van der Waals surface area contributed by atoms with E-state index in [9.17, 15) is 0 Å². The Bertz CT molecular complexity index is 317. The summed E-state index contributed by atoms with van der Waals surface area (Å²) in [5.41, 5.74) is 0. The molecule has 0 aromatic rings. The van der Waals surface area contributed by atoms with Crippen LogP contribution in [0.3, 0.4) is 0 Å². The Morgan fingerprint density at radius 1 is 1.11 bits per heavy atom. The highest BCUT2D eigenvalue weighted by Gasteiger charge is 2.42. The lowest BCUT2D eigenvalue weighted by Crippen LogP contribution is -2.28. The molecule has 19 heavy (non-hydrogen) atoms. The SMILES string of the molecule is C=CCC1OC(C)(C)OC1C(C)/C=C\[C@@H](C)C(C)C. The smallest absolute Gasteiger partial charge is 0.163 e. The largest absolute Gasteiger partial charge is 0.344 e. The van der Waals surface area contributed by atoms with Crippen LogP contribution in [0.2, 0.25) is 0 Å². The molecule has 3 unspecified atom stereocenters. The first-order valence-electron chi connectivity index (χ1n) is 7.41. The topological polar surface area (TPSA) is 18.5 Å². The lowest BCUT2D eigenvalue weighted by Gasteiger charge is -2.21. The summed E-state index contributed by atoms with van der Waals surface area (Å²) in [6.07, 6.45) is 7.55. The van der Waals surface area contributed by atoms with Crippen LogP contribution in [0.15, 0.2) is 24.8 Å². The number of allylic oxidation sites excluding steroid dienone is 1. The maximum Gasteiger partial charge on any atom is 0.163 e. The molecule has 0 aromatic heterocycles. The van der Waals surface area contributed by atoms with E-state index < -0.39 is 5.79 Å². The maximum atomic E-state index is 6.05. The van der Waals surface area contributed by atoms with Gasteiger partial charge < -0.3 is 9.47 Å². The van der Waals surface area contributed by atoms with E-state index in [2.05, 4.69) is 46.4 Å². The number of rotatable bonds is 6. The molecule has 2 nitrogen and oxygen atoms in total. The van der Waals surface area contributed by atoms with Gasteiger partial charge in [0.15, 0.2) is 5.79 Å². The highest BCUT2D eigenvalue weighted by atomic mass is 16.7. The van der Waals surface area contributed by atoms with Gasteiger partial charge >= 0.3 is 0 Å². The minimum atomic E-state index is -0.482. The van der Waals surface area contributed by atoms with E-state index in [0.717, 1.165) is 6.42 Å². The monoisotopic (exact) mass is 266 g/mol. The average molecular weight is 266 g/mol. The van der Waals surface area contributed by atoms with Gasteiger partial charge in [-0.3, -0.25) is 0 Å². The molecular formula is C17H30O2. The average Bonchev–Trinajstić information content (AvgIpc) is 2.61. The Hall–Kier alpha value is -0.600. The fourth-order valence-corrected chi connectivity index (χ4v) is 2.34. The van der Waals surface area contributed by atoms with Gasteiger partial charge in [-0.2, -0.15) is 0 Å². The lowest BCUT2D eigenvalue weighted by molar-refractivity contribution is -0.148. The predicted octanol–water partition coefficient (Wildman–Crippen LogP) is 4.57. The Labute approximate surface area is 118 Å². The highest BCUT2D eigenvalue weighted by Crippen LogP contribution is 2.34. The van der Waals surface area contributed by atoms with Gasteiger partial charge in [-0.25, -0.2) is 0 Å². The Balaban J connectivity index is 2.68. The van der Waals surface area contributed by atoms with Crippen molar-refractivity contribution in [3.8, 4) is 0 Å². The van der Waals surface area contributed by atoms with E-state index in [-0.39, 0.29) is 12.2 Å². The quantitative estimate of drug-likeness (QED) is 0.656. The summed E-state index contributed by atoms with van der Waals surface area (Å²) < 4.78 is 12.0. The van der Waals surface area contributed by atoms with Crippen molar-refractivity contribution in [1.29, 1.82) is 0 Å².